The van der Waals surface area contributed by atoms with Crippen LogP contribution in [-0.2, 0) is 4.79 Å². The Morgan fingerprint density at radius 3 is 1.18 bits per heavy atom. The molecule has 0 aliphatic carbocycles. The number of carbonyl (C=O) groups excluding carboxylic acids is 1. The van der Waals surface area contributed by atoms with E-state index in [1.54, 1.807) is 0 Å². The second-order valence-electron chi connectivity index (χ2n) is 4.30. The van der Waals surface area contributed by atoms with Gasteiger partial charge in [0.25, 0.3) is 0 Å². The van der Waals surface area contributed by atoms with E-state index in [0.29, 0.717) is 0 Å². The van der Waals surface area contributed by atoms with Crippen molar-refractivity contribution in [1.82, 2.24) is 0 Å². The average Bonchev–Trinajstić information content (AvgIpc) is 2.36. The van der Waals surface area contributed by atoms with Gasteiger partial charge >= 0.3 is 166 Å². The van der Waals surface area contributed by atoms with Gasteiger partial charge in [-0.25, -0.2) is 0 Å². The summed E-state index contributed by atoms with van der Waals surface area (Å²) in [5.74, 6) is -5.04. The fourth-order valence-corrected chi connectivity index (χ4v) is 1.17. The van der Waals surface area contributed by atoms with Crippen LogP contribution in [0.5, 0.6) is 0 Å². The van der Waals surface area contributed by atoms with Crippen LogP contribution < -0.4 is 154 Å². The Labute approximate surface area is 252 Å². The zero-order chi connectivity index (χ0) is 15.4. The van der Waals surface area contributed by atoms with Crippen molar-refractivity contribution < 1.29 is 189 Å². The van der Waals surface area contributed by atoms with Crippen LogP contribution in [-0.4, -0.2) is 41.8 Å². The number of rotatable bonds is 4. The molecule has 0 unspecified atom stereocenters. The Kier molecular flexibility index (Phi) is 19.4. The van der Waals surface area contributed by atoms with E-state index >= 15 is 0 Å². The van der Waals surface area contributed by atoms with Gasteiger partial charge in [-0.15, -0.1) is 0 Å². The summed E-state index contributed by atoms with van der Waals surface area (Å²) in [5, 5.41) is 65.2. The molecule has 0 saturated heterocycles. The Morgan fingerprint density at radius 2 is 1.05 bits per heavy atom. The monoisotopic (exact) mass is 397 g/mol. The number of ketones is 1. The summed E-state index contributed by atoms with van der Waals surface area (Å²) >= 11 is 0. The van der Waals surface area contributed by atoms with Crippen molar-refractivity contribution in [2.45, 2.75) is 26.6 Å². The second-order valence-corrected chi connectivity index (χ2v) is 4.30. The number of hydroxylamine groups is 3. The number of hydrogen-bond donors (Lipinski definition) is 3. The molecule has 0 saturated carbocycles. The number of carbonyl (C=O) groups is 1. The molecular formula is C6H12K3N6O7+3. The summed E-state index contributed by atoms with van der Waals surface area (Å²) in [5.41, 5.74) is -1.49. The topological polar surface area (TPSA) is 193 Å². The van der Waals surface area contributed by atoms with Crippen molar-refractivity contribution in [3.8, 4) is 0 Å². The van der Waals surface area contributed by atoms with Crippen molar-refractivity contribution in [1.29, 1.82) is 0 Å². The second kappa shape index (κ2) is 13.4. The van der Waals surface area contributed by atoms with Gasteiger partial charge in [0.2, 0.25) is 15.8 Å². The van der Waals surface area contributed by atoms with Crippen LogP contribution in [0.15, 0.2) is 15.8 Å². The van der Waals surface area contributed by atoms with E-state index in [2.05, 4.69) is 0 Å². The summed E-state index contributed by atoms with van der Waals surface area (Å²) in [6.45, 7) is 3.64. The SMILES string of the molecule is CC(C)(C)C(=O)C([N+]([O-])=NO)([N+]([O-])=NO)[N+]([O-])=NO.[K+].[K+].[K+]. The van der Waals surface area contributed by atoms with E-state index in [0.717, 1.165) is 0 Å². The minimum absolute atomic E-state index is 0. The summed E-state index contributed by atoms with van der Waals surface area (Å²) in [6, 6.07) is 0. The molecule has 3 N–H and O–H groups in total. The first-order valence-corrected chi connectivity index (χ1v) is 4.62. The Hall–Kier alpha value is 2.18. The molecule has 0 bridgehead atoms. The smallest absolute Gasteiger partial charge is 0.586 e. The zero-order valence-electron chi connectivity index (χ0n) is 13.2. The van der Waals surface area contributed by atoms with E-state index in [1.165, 1.54) is 20.8 Å². The van der Waals surface area contributed by atoms with E-state index in [9.17, 15) is 20.4 Å². The molecule has 108 valence electrons. The van der Waals surface area contributed by atoms with Crippen molar-refractivity contribution in [2.24, 2.45) is 21.2 Å². The Bertz CT molecular complexity index is 417. The third-order valence-electron chi connectivity index (χ3n) is 2.03. The number of hydrogen-bond acceptors (Lipinski definition) is 7. The van der Waals surface area contributed by atoms with Gasteiger partial charge in [0.1, 0.15) is 0 Å². The fraction of sp³-hybridized carbons (Fsp3) is 0.833. The minimum Gasteiger partial charge on any atom is -0.586 e. The van der Waals surface area contributed by atoms with Crippen LogP contribution in [0.4, 0.5) is 0 Å². The van der Waals surface area contributed by atoms with Crippen LogP contribution in [0.25, 0.3) is 0 Å². The molecule has 0 spiro atoms. The molecule has 0 fully saturated rings. The van der Waals surface area contributed by atoms with E-state index in [1.807, 2.05) is 15.8 Å². The molecule has 0 heterocycles. The zero-order valence-corrected chi connectivity index (χ0v) is 22.5. The van der Waals surface area contributed by atoms with Gasteiger partial charge in [-0.1, -0.05) is 20.8 Å². The number of Topliss-reactive ketones (excluding diaryl/α,β-unsaturated/α-hetero) is 1. The van der Waals surface area contributed by atoms with E-state index < -0.39 is 31.6 Å². The molecule has 0 aromatic carbocycles. The Balaban J connectivity index is -0.000000540. The third-order valence-corrected chi connectivity index (χ3v) is 2.03. The molecule has 22 heavy (non-hydrogen) atoms. The summed E-state index contributed by atoms with van der Waals surface area (Å²) in [4.78, 5) is 8.88. The molecule has 0 aromatic heterocycles. The standard InChI is InChI=1S/C6H12N6O7.3K/c1-5(2,3)4(13)6(10(17)7-14,11(18)8-15)12(19)9-16;;;/h14-16H,1-3H3;;;/q;3*+1. The van der Waals surface area contributed by atoms with Gasteiger partial charge in [0, 0.05) is 5.41 Å². The van der Waals surface area contributed by atoms with Gasteiger partial charge in [-0.2, -0.15) is 0 Å². The minimum atomic E-state index is -3.59. The Morgan fingerprint density at radius 1 is 0.818 bits per heavy atom. The first-order chi connectivity index (χ1) is 8.60. The van der Waals surface area contributed by atoms with Gasteiger partial charge in [-0.05, 0) is 0 Å². The molecule has 0 rings (SSSR count). The summed E-state index contributed by atoms with van der Waals surface area (Å²) in [7, 11) is 0. The molecule has 13 nitrogen and oxygen atoms in total. The van der Waals surface area contributed by atoms with Gasteiger partial charge < -0.3 is 31.2 Å². The maximum atomic E-state index is 12.0. The van der Waals surface area contributed by atoms with E-state index in [-0.39, 0.29) is 154 Å². The molecule has 0 aromatic rings. The molecule has 0 amide bonds. The van der Waals surface area contributed by atoms with Gasteiger partial charge in [0.05, 0.1) is 14.6 Å². The van der Waals surface area contributed by atoms with Gasteiger partial charge in [0.15, 0.2) is 0 Å². The first kappa shape index (κ1) is 31.9. The molecule has 0 aliphatic rings. The van der Waals surface area contributed by atoms with Crippen molar-refractivity contribution in [3.63, 3.8) is 0 Å². The normalized spacial score (nSPS) is 15.5. The largest absolute Gasteiger partial charge is 1.00 e. The molecule has 0 radical (unpaired) electrons. The third kappa shape index (κ3) is 6.83. The summed E-state index contributed by atoms with van der Waals surface area (Å²) in [6.07, 6.45) is 0. The summed E-state index contributed by atoms with van der Waals surface area (Å²) < 4.78 is 0. The maximum absolute atomic E-state index is 12.0. The van der Waals surface area contributed by atoms with Crippen LogP contribution in [0.2, 0.25) is 0 Å². The molecule has 0 atom stereocenters. The van der Waals surface area contributed by atoms with Crippen molar-refractivity contribution >= 4 is 5.78 Å². The predicted molar refractivity (Wildman–Crippen MR) is 50.7 cm³/mol. The molecule has 16 heteroatoms. The van der Waals surface area contributed by atoms with Crippen molar-refractivity contribution in [3.05, 3.63) is 15.6 Å². The van der Waals surface area contributed by atoms with Crippen molar-refractivity contribution in [2.75, 3.05) is 0 Å². The first-order valence-electron chi connectivity index (χ1n) is 4.62. The van der Waals surface area contributed by atoms with Gasteiger partial charge in [-0.3, -0.25) is 4.79 Å². The van der Waals surface area contributed by atoms with Crippen LogP contribution in [0, 0.1) is 21.0 Å². The average molecular weight is 397 g/mol. The van der Waals surface area contributed by atoms with E-state index in [4.69, 9.17) is 15.6 Å². The number of nitrogens with zero attached hydrogens (tertiary/aromatic N) is 6. The molecule has 0 aliphatic heterocycles. The maximum Gasteiger partial charge on any atom is 1.00 e. The predicted octanol–water partition coefficient (Wildman–Crippen LogP) is -8.68. The van der Waals surface area contributed by atoms with Crippen LogP contribution in [0.3, 0.4) is 0 Å². The van der Waals surface area contributed by atoms with Crippen LogP contribution >= 0.6 is 0 Å². The molecular weight excluding hydrogens is 385 g/mol. The quantitative estimate of drug-likeness (QED) is 0.138. The van der Waals surface area contributed by atoms with Crippen LogP contribution in [0.1, 0.15) is 20.8 Å². The fourth-order valence-electron chi connectivity index (χ4n) is 1.17.